The maximum atomic E-state index is 6.01. The molecule has 0 aromatic rings. The van der Waals surface area contributed by atoms with Crippen LogP contribution in [-0.4, -0.2) is 55.6 Å². The molecule has 1 saturated heterocycles. The molecule has 0 saturated carbocycles. The Labute approximate surface area is 101 Å². The molecule has 1 heterocycles. The highest BCUT2D eigenvalue weighted by atomic mass is 15.1. The quantitative estimate of drug-likeness (QED) is 0.770. The van der Waals surface area contributed by atoms with E-state index in [0.29, 0.717) is 0 Å². The van der Waals surface area contributed by atoms with E-state index >= 15 is 0 Å². The van der Waals surface area contributed by atoms with Gasteiger partial charge in [-0.1, -0.05) is 0 Å². The van der Waals surface area contributed by atoms with Crippen LogP contribution >= 0.6 is 0 Å². The topological polar surface area (TPSA) is 32.5 Å². The molecule has 0 radical (unpaired) electrons. The molecule has 16 heavy (non-hydrogen) atoms. The fourth-order valence-electron chi connectivity index (χ4n) is 2.53. The van der Waals surface area contributed by atoms with Crippen LogP contribution < -0.4 is 5.73 Å². The molecule has 0 aromatic carbocycles. The second-order valence-electron chi connectivity index (χ2n) is 6.26. The standard InChI is InChI=1S/C13H29N3/c1-13(2,14)11-16(4)10-7-12-5-8-15(3)9-6-12/h12H,5-11,14H2,1-4H3. The summed E-state index contributed by atoms with van der Waals surface area (Å²) in [6.07, 6.45) is 4.08. The van der Waals surface area contributed by atoms with E-state index in [1.165, 1.54) is 38.9 Å². The fraction of sp³-hybridized carbons (Fsp3) is 1.00. The van der Waals surface area contributed by atoms with Gasteiger partial charge in [0.05, 0.1) is 0 Å². The first-order valence-electron chi connectivity index (χ1n) is 6.53. The number of nitrogens with two attached hydrogens (primary N) is 1. The normalized spacial score (nSPS) is 20.6. The lowest BCUT2D eigenvalue weighted by Crippen LogP contribution is -2.44. The van der Waals surface area contributed by atoms with Crippen LogP contribution in [0.5, 0.6) is 0 Å². The van der Waals surface area contributed by atoms with Crippen molar-refractivity contribution in [1.29, 1.82) is 0 Å². The Morgan fingerprint density at radius 1 is 1.31 bits per heavy atom. The third-order valence-electron chi connectivity index (χ3n) is 3.43. The zero-order chi connectivity index (χ0) is 12.2. The Kier molecular flexibility index (Phi) is 5.22. The summed E-state index contributed by atoms with van der Waals surface area (Å²) >= 11 is 0. The van der Waals surface area contributed by atoms with Crippen LogP contribution in [0.3, 0.4) is 0 Å². The van der Waals surface area contributed by atoms with Gasteiger partial charge in [0, 0.05) is 12.1 Å². The first-order chi connectivity index (χ1) is 7.37. The van der Waals surface area contributed by atoms with Gasteiger partial charge in [-0.05, 0) is 72.8 Å². The van der Waals surface area contributed by atoms with E-state index in [2.05, 4.69) is 37.7 Å². The molecule has 0 spiro atoms. The lowest BCUT2D eigenvalue weighted by molar-refractivity contribution is 0.188. The van der Waals surface area contributed by atoms with Crippen molar-refractivity contribution in [3.05, 3.63) is 0 Å². The molecular formula is C13H29N3. The Morgan fingerprint density at radius 3 is 2.38 bits per heavy atom. The molecular weight excluding hydrogens is 198 g/mol. The van der Waals surface area contributed by atoms with E-state index in [9.17, 15) is 0 Å². The second-order valence-corrected chi connectivity index (χ2v) is 6.26. The van der Waals surface area contributed by atoms with Crippen molar-refractivity contribution in [3.8, 4) is 0 Å². The molecule has 0 aromatic heterocycles. The molecule has 1 aliphatic heterocycles. The first kappa shape index (κ1) is 13.9. The van der Waals surface area contributed by atoms with Gasteiger partial charge in [-0.25, -0.2) is 0 Å². The predicted octanol–water partition coefficient (Wildman–Crippen LogP) is 1.39. The Bertz CT molecular complexity index is 190. The SMILES string of the molecule is CN1CCC(CCN(C)CC(C)(C)N)CC1. The van der Waals surface area contributed by atoms with Crippen molar-refractivity contribution in [3.63, 3.8) is 0 Å². The van der Waals surface area contributed by atoms with E-state index in [4.69, 9.17) is 5.73 Å². The maximum Gasteiger partial charge on any atom is 0.0225 e. The number of hydrogen-bond donors (Lipinski definition) is 1. The van der Waals surface area contributed by atoms with Crippen LogP contribution in [0.2, 0.25) is 0 Å². The third-order valence-corrected chi connectivity index (χ3v) is 3.43. The van der Waals surface area contributed by atoms with Gasteiger partial charge >= 0.3 is 0 Å². The average molecular weight is 227 g/mol. The van der Waals surface area contributed by atoms with Gasteiger partial charge in [-0.3, -0.25) is 0 Å². The average Bonchev–Trinajstić information content (AvgIpc) is 2.14. The zero-order valence-corrected chi connectivity index (χ0v) is 11.5. The van der Waals surface area contributed by atoms with E-state index < -0.39 is 0 Å². The van der Waals surface area contributed by atoms with E-state index in [1.54, 1.807) is 0 Å². The van der Waals surface area contributed by atoms with Crippen molar-refractivity contribution in [2.45, 2.75) is 38.6 Å². The van der Waals surface area contributed by atoms with Crippen molar-refractivity contribution in [1.82, 2.24) is 9.80 Å². The van der Waals surface area contributed by atoms with Crippen LogP contribution in [0, 0.1) is 5.92 Å². The molecule has 0 aliphatic carbocycles. The Morgan fingerprint density at radius 2 is 1.88 bits per heavy atom. The van der Waals surface area contributed by atoms with E-state index in [0.717, 1.165) is 12.5 Å². The molecule has 2 N–H and O–H groups in total. The van der Waals surface area contributed by atoms with Crippen LogP contribution in [0.4, 0.5) is 0 Å². The molecule has 0 bridgehead atoms. The van der Waals surface area contributed by atoms with Gasteiger partial charge in [-0.15, -0.1) is 0 Å². The Hall–Kier alpha value is -0.120. The van der Waals surface area contributed by atoms with E-state index in [1.807, 2.05) is 0 Å². The summed E-state index contributed by atoms with van der Waals surface area (Å²) in [5.74, 6) is 0.930. The van der Waals surface area contributed by atoms with Crippen LogP contribution in [0.25, 0.3) is 0 Å². The number of piperidine rings is 1. The minimum absolute atomic E-state index is 0.0679. The molecule has 1 fully saturated rings. The van der Waals surface area contributed by atoms with Crippen molar-refractivity contribution in [2.75, 3.05) is 40.3 Å². The highest BCUT2D eigenvalue weighted by Gasteiger charge is 2.18. The summed E-state index contributed by atoms with van der Waals surface area (Å²) in [4.78, 5) is 4.81. The minimum atomic E-state index is -0.0679. The summed E-state index contributed by atoms with van der Waals surface area (Å²) in [5.41, 5.74) is 5.95. The third kappa shape index (κ3) is 5.83. The molecule has 1 rings (SSSR count). The summed E-state index contributed by atoms with van der Waals surface area (Å²) in [7, 11) is 4.41. The number of likely N-dealkylation sites (N-methyl/N-ethyl adjacent to an activating group) is 1. The number of nitrogens with zero attached hydrogens (tertiary/aromatic N) is 2. The smallest absolute Gasteiger partial charge is 0.0225 e. The molecule has 96 valence electrons. The molecule has 0 atom stereocenters. The van der Waals surface area contributed by atoms with E-state index in [-0.39, 0.29) is 5.54 Å². The van der Waals surface area contributed by atoms with Crippen molar-refractivity contribution < 1.29 is 0 Å². The monoisotopic (exact) mass is 227 g/mol. The summed E-state index contributed by atoms with van der Waals surface area (Å²) in [6, 6.07) is 0. The van der Waals surface area contributed by atoms with Gasteiger partial charge < -0.3 is 15.5 Å². The van der Waals surface area contributed by atoms with Gasteiger partial charge in [0.2, 0.25) is 0 Å². The van der Waals surface area contributed by atoms with Gasteiger partial charge in [0.1, 0.15) is 0 Å². The van der Waals surface area contributed by atoms with Crippen molar-refractivity contribution >= 4 is 0 Å². The van der Waals surface area contributed by atoms with Crippen LogP contribution in [0.1, 0.15) is 33.1 Å². The molecule has 0 amide bonds. The largest absolute Gasteiger partial charge is 0.324 e. The summed E-state index contributed by atoms with van der Waals surface area (Å²) in [6.45, 7) is 8.92. The van der Waals surface area contributed by atoms with Gasteiger partial charge in [-0.2, -0.15) is 0 Å². The molecule has 0 unspecified atom stereocenters. The first-order valence-corrected chi connectivity index (χ1v) is 6.53. The van der Waals surface area contributed by atoms with Crippen molar-refractivity contribution in [2.24, 2.45) is 11.7 Å². The zero-order valence-electron chi connectivity index (χ0n) is 11.5. The minimum Gasteiger partial charge on any atom is -0.324 e. The number of rotatable bonds is 5. The summed E-state index contributed by atoms with van der Waals surface area (Å²) < 4.78 is 0. The van der Waals surface area contributed by atoms with Crippen LogP contribution in [-0.2, 0) is 0 Å². The fourth-order valence-corrected chi connectivity index (χ4v) is 2.53. The van der Waals surface area contributed by atoms with Crippen LogP contribution in [0.15, 0.2) is 0 Å². The lowest BCUT2D eigenvalue weighted by Gasteiger charge is -2.31. The highest BCUT2D eigenvalue weighted by molar-refractivity contribution is 4.77. The number of hydrogen-bond acceptors (Lipinski definition) is 3. The maximum absolute atomic E-state index is 6.01. The van der Waals surface area contributed by atoms with Gasteiger partial charge in [0.15, 0.2) is 0 Å². The van der Waals surface area contributed by atoms with Gasteiger partial charge in [0.25, 0.3) is 0 Å². The molecule has 3 nitrogen and oxygen atoms in total. The number of likely N-dealkylation sites (tertiary alicyclic amines) is 1. The molecule has 3 heteroatoms. The summed E-state index contributed by atoms with van der Waals surface area (Å²) in [5, 5.41) is 0. The lowest BCUT2D eigenvalue weighted by atomic mass is 9.93. The molecule has 1 aliphatic rings. The predicted molar refractivity (Wildman–Crippen MR) is 70.6 cm³/mol. The second kappa shape index (κ2) is 5.99. The Balaban J connectivity index is 2.14. The highest BCUT2D eigenvalue weighted by Crippen LogP contribution is 2.19.